The molecule has 1 aliphatic carbocycles. The molecule has 2 N–H and O–H groups in total. The largest absolute Gasteiger partial charge is 0.334 e. The van der Waals surface area contributed by atoms with Crippen LogP contribution >= 0.6 is 54.5 Å². The standard InChI is InChI=1S/C25H24Br2N8OS2/c1-14(11-17-7-3-9-19(26)29-17)28-24-34-32-22(37-24)15-5-2-6-16(12-15)23-33-35-25(38-23)31-21(36)13-18-8-4-10-20(27)30-18/h3-4,7-10,15-16H,1-2,5-6,11-13H2,(H,28,34)(H,31,35,36)/t15-,16?/m0/s1. The molecule has 0 aromatic carbocycles. The number of carbonyl (C=O) groups is 1. The molecule has 0 saturated heterocycles. The maximum atomic E-state index is 12.5. The summed E-state index contributed by atoms with van der Waals surface area (Å²) in [5.41, 5.74) is 2.43. The fraction of sp³-hybridized carbons (Fsp3) is 0.320. The summed E-state index contributed by atoms with van der Waals surface area (Å²) in [6.45, 7) is 4.12. The van der Waals surface area contributed by atoms with Crippen LogP contribution in [0.1, 0.15) is 58.9 Å². The van der Waals surface area contributed by atoms with Crippen LogP contribution in [-0.4, -0.2) is 36.3 Å². The normalized spacial score (nSPS) is 17.2. The van der Waals surface area contributed by atoms with E-state index in [0.717, 1.165) is 56.8 Å². The van der Waals surface area contributed by atoms with E-state index in [1.54, 1.807) is 11.3 Å². The van der Waals surface area contributed by atoms with Gasteiger partial charge in [0.1, 0.15) is 19.2 Å². The number of pyridine rings is 2. The summed E-state index contributed by atoms with van der Waals surface area (Å²) in [5, 5.41) is 26.8. The Morgan fingerprint density at radius 3 is 1.97 bits per heavy atom. The molecular formula is C25H24Br2N8OS2. The number of nitrogens with one attached hydrogen (secondary N) is 2. The second kappa shape index (κ2) is 12.5. The quantitative estimate of drug-likeness (QED) is 0.193. The molecule has 4 aromatic rings. The minimum absolute atomic E-state index is 0.161. The van der Waals surface area contributed by atoms with E-state index in [1.807, 2.05) is 36.4 Å². The van der Waals surface area contributed by atoms with Gasteiger partial charge in [0.2, 0.25) is 16.2 Å². The van der Waals surface area contributed by atoms with Crippen LogP contribution in [0.2, 0.25) is 0 Å². The van der Waals surface area contributed by atoms with Crippen molar-refractivity contribution in [1.82, 2.24) is 30.4 Å². The summed E-state index contributed by atoms with van der Waals surface area (Å²) in [7, 11) is 0. The Kier molecular flexibility index (Phi) is 8.87. The van der Waals surface area contributed by atoms with Crippen LogP contribution in [-0.2, 0) is 17.6 Å². The van der Waals surface area contributed by atoms with Gasteiger partial charge < -0.3 is 10.6 Å². The lowest BCUT2D eigenvalue weighted by Gasteiger charge is -2.25. The predicted octanol–water partition coefficient (Wildman–Crippen LogP) is 6.50. The van der Waals surface area contributed by atoms with E-state index in [4.69, 9.17) is 0 Å². The molecule has 5 rings (SSSR count). The van der Waals surface area contributed by atoms with Gasteiger partial charge in [0, 0.05) is 29.6 Å². The molecule has 0 bridgehead atoms. The first-order valence-electron chi connectivity index (χ1n) is 12.1. The smallest absolute Gasteiger partial charge is 0.232 e. The van der Waals surface area contributed by atoms with Crippen LogP contribution in [0.3, 0.4) is 0 Å². The van der Waals surface area contributed by atoms with Crippen molar-refractivity contribution in [2.75, 3.05) is 10.6 Å². The number of carbonyl (C=O) groups excluding carboxylic acids is 1. The Morgan fingerprint density at radius 2 is 1.39 bits per heavy atom. The molecule has 13 heteroatoms. The highest BCUT2D eigenvalue weighted by Crippen LogP contribution is 2.43. The maximum Gasteiger partial charge on any atom is 0.232 e. The Morgan fingerprint density at radius 1 is 0.842 bits per heavy atom. The molecule has 1 unspecified atom stereocenters. The van der Waals surface area contributed by atoms with Crippen molar-refractivity contribution in [1.29, 1.82) is 0 Å². The summed E-state index contributed by atoms with van der Waals surface area (Å²) >= 11 is 9.75. The van der Waals surface area contributed by atoms with Gasteiger partial charge >= 0.3 is 0 Å². The first-order valence-corrected chi connectivity index (χ1v) is 15.3. The van der Waals surface area contributed by atoms with E-state index in [9.17, 15) is 4.79 Å². The zero-order valence-electron chi connectivity index (χ0n) is 20.2. The SMILES string of the molecule is C=C(Cc1cccc(Br)n1)Nc1nnc([C@H]2CCCC(c3nnc(NC(=O)Cc4cccc(Br)n4)s3)C2)s1. The van der Waals surface area contributed by atoms with E-state index in [-0.39, 0.29) is 18.2 Å². The molecule has 4 aromatic heterocycles. The van der Waals surface area contributed by atoms with Gasteiger partial charge in [0.05, 0.1) is 12.1 Å². The van der Waals surface area contributed by atoms with Gasteiger partial charge in [-0.1, -0.05) is 47.8 Å². The fourth-order valence-electron chi connectivity index (χ4n) is 4.38. The molecule has 2 atom stereocenters. The Hall–Kier alpha value is -2.61. The molecule has 1 aliphatic rings. The second-order valence-electron chi connectivity index (χ2n) is 8.98. The summed E-state index contributed by atoms with van der Waals surface area (Å²) in [6, 6.07) is 11.3. The number of amides is 1. The fourth-order valence-corrected chi connectivity index (χ4v) is 6.98. The molecule has 1 saturated carbocycles. The molecule has 1 amide bonds. The number of nitrogens with zero attached hydrogens (tertiary/aromatic N) is 6. The zero-order valence-corrected chi connectivity index (χ0v) is 25.0. The lowest BCUT2D eigenvalue weighted by molar-refractivity contribution is -0.115. The van der Waals surface area contributed by atoms with E-state index >= 15 is 0 Å². The van der Waals surface area contributed by atoms with Crippen LogP contribution in [0.25, 0.3) is 0 Å². The average Bonchev–Trinajstić information content (AvgIpc) is 3.54. The van der Waals surface area contributed by atoms with Crippen molar-refractivity contribution in [2.45, 2.75) is 50.4 Å². The maximum absolute atomic E-state index is 12.5. The van der Waals surface area contributed by atoms with Crippen LogP contribution in [0.5, 0.6) is 0 Å². The molecule has 0 aliphatic heterocycles. The third-order valence-corrected chi connectivity index (χ3v) is 8.95. The lowest BCUT2D eigenvalue weighted by atomic mass is 9.82. The second-order valence-corrected chi connectivity index (χ2v) is 12.6. The van der Waals surface area contributed by atoms with E-state index < -0.39 is 0 Å². The van der Waals surface area contributed by atoms with Crippen LogP contribution in [0, 0.1) is 0 Å². The number of hydrogen-bond acceptors (Lipinski definition) is 10. The monoisotopic (exact) mass is 674 g/mol. The van der Waals surface area contributed by atoms with Crippen LogP contribution < -0.4 is 10.6 Å². The molecule has 4 heterocycles. The van der Waals surface area contributed by atoms with Crippen LogP contribution in [0.15, 0.2) is 57.9 Å². The highest BCUT2D eigenvalue weighted by molar-refractivity contribution is 9.10. The topological polar surface area (TPSA) is 118 Å². The molecular weight excluding hydrogens is 652 g/mol. The van der Waals surface area contributed by atoms with Gasteiger partial charge in [-0.3, -0.25) is 4.79 Å². The van der Waals surface area contributed by atoms with Crippen molar-refractivity contribution >= 4 is 70.7 Å². The Labute approximate surface area is 244 Å². The summed E-state index contributed by atoms with van der Waals surface area (Å²) in [5.74, 6) is 0.429. The van der Waals surface area contributed by atoms with Gasteiger partial charge in [-0.2, -0.15) is 0 Å². The minimum Gasteiger partial charge on any atom is -0.334 e. The third kappa shape index (κ3) is 7.28. The molecule has 9 nitrogen and oxygen atoms in total. The lowest BCUT2D eigenvalue weighted by Crippen LogP contribution is -2.15. The highest BCUT2D eigenvalue weighted by atomic mass is 79.9. The predicted molar refractivity (Wildman–Crippen MR) is 156 cm³/mol. The van der Waals surface area contributed by atoms with Crippen molar-refractivity contribution in [2.24, 2.45) is 0 Å². The Bertz CT molecular complexity index is 1340. The number of aromatic nitrogens is 6. The molecule has 1 fully saturated rings. The summed E-state index contributed by atoms with van der Waals surface area (Å²) in [4.78, 5) is 21.2. The number of allylic oxidation sites excluding steroid dienone is 1. The number of anilines is 2. The Balaban J connectivity index is 1.15. The van der Waals surface area contributed by atoms with Crippen molar-refractivity contribution < 1.29 is 4.79 Å². The van der Waals surface area contributed by atoms with Crippen LogP contribution in [0.4, 0.5) is 10.3 Å². The number of hydrogen-bond donors (Lipinski definition) is 2. The summed E-state index contributed by atoms with van der Waals surface area (Å²) in [6.07, 6.45) is 4.91. The first-order chi connectivity index (χ1) is 18.4. The zero-order chi connectivity index (χ0) is 26.5. The van der Waals surface area contributed by atoms with Gasteiger partial charge in [0.15, 0.2) is 0 Å². The van der Waals surface area contributed by atoms with Gasteiger partial charge in [-0.15, -0.1) is 20.4 Å². The number of halogens is 2. The molecule has 0 spiro atoms. The molecule has 38 heavy (non-hydrogen) atoms. The minimum atomic E-state index is -0.161. The van der Waals surface area contributed by atoms with Crippen molar-refractivity contribution in [3.05, 3.63) is 79.3 Å². The third-order valence-electron chi connectivity index (χ3n) is 6.07. The number of rotatable bonds is 9. The molecule has 0 radical (unpaired) electrons. The summed E-state index contributed by atoms with van der Waals surface area (Å²) < 4.78 is 1.50. The van der Waals surface area contributed by atoms with Gasteiger partial charge in [-0.05, 0) is 75.4 Å². The highest BCUT2D eigenvalue weighted by Gasteiger charge is 2.29. The average molecular weight is 676 g/mol. The van der Waals surface area contributed by atoms with E-state index in [0.29, 0.717) is 27.8 Å². The van der Waals surface area contributed by atoms with E-state index in [2.05, 4.69) is 79.4 Å². The first kappa shape index (κ1) is 27.0. The molecule has 196 valence electrons. The van der Waals surface area contributed by atoms with Gasteiger partial charge in [-0.25, -0.2) is 9.97 Å². The van der Waals surface area contributed by atoms with Crippen molar-refractivity contribution in [3.8, 4) is 0 Å². The van der Waals surface area contributed by atoms with Crippen molar-refractivity contribution in [3.63, 3.8) is 0 Å². The van der Waals surface area contributed by atoms with Gasteiger partial charge in [0.25, 0.3) is 0 Å². The van der Waals surface area contributed by atoms with E-state index in [1.165, 1.54) is 11.3 Å².